The molecule has 1 aromatic carbocycles. The monoisotopic (exact) mass is 276 g/mol. The molecule has 0 bridgehead atoms. The summed E-state index contributed by atoms with van der Waals surface area (Å²) >= 11 is 0. The zero-order valence-corrected chi connectivity index (χ0v) is 11.4. The van der Waals surface area contributed by atoms with E-state index < -0.39 is 6.10 Å². The third-order valence-corrected chi connectivity index (χ3v) is 3.70. The van der Waals surface area contributed by atoms with Gasteiger partial charge in [-0.2, -0.15) is 0 Å². The lowest BCUT2D eigenvalue weighted by molar-refractivity contribution is 0.0749. The molecule has 2 aliphatic heterocycles. The fraction of sp³-hybridized carbons (Fsp3) is 0.429. The van der Waals surface area contributed by atoms with Crippen LogP contribution in [0.1, 0.15) is 16.8 Å². The average molecular weight is 276 g/mol. The molecule has 6 nitrogen and oxygen atoms in total. The quantitative estimate of drug-likeness (QED) is 0.874. The van der Waals surface area contributed by atoms with E-state index in [9.17, 15) is 9.90 Å². The van der Waals surface area contributed by atoms with Crippen LogP contribution in [0.15, 0.2) is 17.1 Å². The van der Waals surface area contributed by atoms with Crippen molar-refractivity contribution in [2.24, 2.45) is 4.99 Å². The summed E-state index contributed by atoms with van der Waals surface area (Å²) in [6.45, 7) is 0.337. The van der Waals surface area contributed by atoms with Crippen molar-refractivity contribution in [3.8, 4) is 11.5 Å². The summed E-state index contributed by atoms with van der Waals surface area (Å²) in [4.78, 5) is 18.6. The van der Waals surface area contributed by atoms with Gasteiger partial charge >= 0.3 is 0 Å². The Labute approximate surface area is 116 Å². The molecule has 2 heterocycles. The lowest BCUT2D eigenvalue weighted by Gasteiger charge is -2.20. The van der Waals surface area contributed by atoms with Crippen LogP contribution in [0, 0.1) is 0 Å². The first-order valence-electron chi connectivity index (χ1n) is 6.43. The molecule has 1 aromatic rings. The van der Waals surface area contributed by atoms with Crippen molar-refractivity contribution in [2.45, 2.75) is 18.6 Å². The van der Waals surface area contributed by atoms with E-state index in [0.29, 0.717) is 35.7 Å². The number of rotatable bonds is 2. The van der Waals surface area contributed by atoms with Gasteiger partial charge in [0.05, 0.1) is 37.6 Å². The number of hydrogen-bond donors (Lipinski definition) is 1. The van der Waals surface area contributed by atoms with Crippen LogP contribution in [0.25, 0.3) is 0 Å². The smallest absolute Gasteiger partial charge is 0.256 e. The van der Waals surface area contributed by atoms with Gasteiger partial charge in [0.2, 0.25) is 0 Å². The minimum atomic E-state index is -0.489. The zero-order chi connectivity index (χ0) is 14.3. The van der Waals surface area contributed by atoms with Crippen LogP contribution in [-0.4, -0.2) is 55.0 Å². The van der Waals surface area contributed by atoms with E-state index in [0.717, 1.165) is 0 Å². The van der Waals surface area contributed by atoms with Gasteiger partial charge in [0.25, 0.3) is 5.91 Å². The number of hydrogen-bond acceptors (Lipinski definition) is 5. The number of carbonyl (C=O) groups is 1. The predicted octanol–water partition coefficient (Wildman–Crippen LogP) is 0.995. The minimum Gasteiger partial charge on any atom is -0.493 e. The summed E-state index contributed by atoms with van der Waals surface area (Å²) < 4.78 is 10.5. The molecule has 1 saturated heterocycles. The maximum atomic E-state index is 12.6. The van der Waals surface area contributed by atoms with E-state index in [2.05, 4.69) is 4.99 Å². The summed E-state index contributed by atoms with van der Waals surface area (Å²) in [6, 6.07) is 3.18. The fourth-order valence-corrected chi connectivity index (χ4v) is 2.69. The van der Waals surface area contributed by atoms with Crippen LogP contribution in [0.5, 0.6) is 11.5 Å². The van der Waals surface area contributed by atoms with Gasteiger partial charge < -0.3 is 19.5 Å². The summed E-state index contributed by atoms with van der Waals surface area (Å²) in [5.41, 5.74) is 1.03. The first-order valence-corrected chi connectivity index (χ1v) is 6.43. The van der Waals surface area contributed by atoms with Crippen LogP contribution in [0.4, 0.5) is 5.69 Å². The van der Waals surface area contributed by atoms with Gasteiger partial charge in [-0.3, -0.25) is 9.79 Å². The van der Waals surface area contributed by atoms with Crippen molar-refractivity contribution >= 4 is 17.8 Å². The van der Waals surface area contributed by atoms with Crippen molar-refractivity contribution < 1.29 is 19.4 Å². The van der Waals surface area contributed by atoms with Crippen molar-refractivity contribution in [1.82, 2.24) is 4.90 Å². The molecular formula is C14H16N2O4. The highest BCUT2D eigenvalue weighted by atomic mass is 16.5. The molecule has 106 valence electrons. The molecule has 1 N–H and O–H groups in total. The van der Waals surface area contributed by atoms with Crippen LogP contribution in [0.2, 0.25) is 0 Å². The van der Waals surface area contributed by atoms with Crippen molar-refractivity contribution in [2.75, 3.05) is 20.8 Å². The van der Waals surface area contributed by atoms with Gasteiger partial charge in [-0.15, -0.1) is 0 Å². The van der Waals surface area contributed by atoms with E-state index in [1.54, 1.807) is 30.4 Å². The Balaban J connectivity index is 2.08. The molecular weight excluding hydrogens is 260 g/mol. The Hall–Kier alpha value is -2.08. The number of aliphatic hydroxyl groups is 1. The Bertz CT molecular complexity index is 585. The Morgan fingerprint density at radius 1 is 1.30 bits per heavy atom. The second-order valence-corrected chi connectivity index (χ2v) is 4.92. The lowest BCUT2D eigenvalue weighted by Crippen LogP contribution is -2.35. The minimum absolute atomic E-state index is 0.139. The zero-order valence-electron chi connectivity index (χ0n) is 11.4. The molecule has 0 aliphatic carbocycles. The van der Waals surface area contributed by atoms with Gasteiger partial charge in [0.1, 0.15) is 0 Å². The van der Waals surface area contributed by atoms with Gasteiger partial charge in [-0.1, -0.05) is 0 Å². The number of methoxy groups -OCH3 is 2. The highest BCUT2D eigenvalue weighted by molar-refractivity contribution is 6.03. The number of fused-ring (bicyclic) bond motifs is 2. The van der Waals surface area contributed by atoms with E-state index in [1.807, 2.05) is 0 Å². The Kier molecular flexibility index (Phi) is 3.10. The largest absolute Gasteiger partial charge is 0.493 e. The van der Waals surface area contributed by atoms with E-state index >= 15 is 0 Å². The van der Waals surface area contributed by atoms with Crippen molar-refractivity contribution in [1.29, 1.82) is 0 Å². The summed E-state index contributed by atoms with van der Waals surface area (Å²) in [5, 5.41) is 9.70. The fourth-order valence-electron chi connectivity index (χ4n) is 2.69. The molecule has 2 atom stereocenters. The Morgan fingerprint density at radius 3 is 2.70 bits per heavy atom. The molecule has 0 unspecified atom stereocenters. The van der Waals surface area contributed by atoms with Crippen LogP contribution < -0.4 is 9.47 Å². The predicted molar refractivity (Wildman–Crippen MR) is 73.1 cm³/mol. The molecule has 20 heavy (non-hydrogen) atoms. The van der Waals surface area contributed by atoms with Crippen LogP contribution >= 0.6 is 0 Å². The highest BCUT2D eigenvalue weighted by Gasteiger charge is 2.36. The van der Waals surface area contributed by atoms with Crippen molar-refractivity contribution in [3.63, 3.8) is 0 Å². The third kappa shape index (κ3) is 1.92. The van der Waals surface area contributed by atoms with Gasteiger partial charge in [-0.05, 0) is 6.07 Å². The molecule has 2 aliphatic rings. The first-order chi connectivity index (χ1) is 9.63. The molecule has 3 rings (SSSR count). The molecule has 1 fully saturated rings. The van der Waals surface area contributed by atoms with Crippen LogP contribution in [0.3, 0.4) is 0 Å². The van der Waals surface area contributed by atoms with E-state index in [4.69, 9.17) is 9.47 Å². The van der Waals surface area contributed by atoms with Gasteiger partial charge in [0, 0.05) is 25.2 Å². The third-order valence-electron chi connectivity index (χ3n) is 3.70. The molecule has 6 heteroatoms. The topological polar surface area (TPSA) is 71.4 Å². The average Bonchev–Trinajstić information content (AvgIpc) is 2.79. The number of nitrogens with zero attached hydrogens (tertiary/aromatic N) is 2. The number of aliphatic hydroxyl groups excluding tert-OH is 1. The van der Waals surface area contributed by atoms with Gasteiger partial charge in [0.15, 0.2) is 11.5 Å². The second-order valence-electron chi connectivity index (χ2n) is 4.92. The lowest BCUT2D eigenvalue weighted by atomic mass is 10.1. The summed E-state index contributed by atoms with van der Waals surface area (Å²) in [7, 11) is 3.07. The molecule has 1 amide bonds. The van der Waals surface area contributed by atoms with Crippen LogP contribution in [-0.2, 0) is 0 Å². The van der Waals surface area contributed by atoms with Gasteiger partial charge in [-0.25, -0.2) is 0 Å². The Morgan fingerprint density at radius 2 is 2.00 bits per heavy atom. The van der Waals surface area contributed by atoms with E-state index in [-0.39, 0.29) is 11.9 Å². The number of amides is 1. The normalized spacial score (nSPS) is 24.1. The highest BCUT2D eigenvalue weighted by Crippen LogP contribution is 2.37. The second kappa shape index (κ2) is 4.79. The maximum absolute atomic E-state index is 12.6. The van der Waals surface area contributed by atoms with Crippen molar-refractivity contribution in [3.05, 3.63) is 17.7 Å². The molecule has 0 saturated carbocycles. The number of ether oxygens (including phenoxy) is 2. The molecule has 0 spiro atoms. The first kappa shape index (κ1) is 12.9. The SMILES string of the molecule is COc1cc2c(cc1OC)C(=O)N1C[C@H](O)C[C@H]1C=N2. The van der Waals surface area contributed by atoms with E-state index in [1.165, 1.54) is 7.11 Å². The standard InChI is InChI=1S/C14H16N2O4/c1-19-12-4-10-11(5-13(12)20-2)15-6-8-3-9(17)7-16(8)14(10)18/h4-6,8-9,17H,3,7H2,1-2H3/t8-,9+/m0/s1. The number of aliphatic imine (C=N–C) groups is 1. The number of carbonyl (C=O) groups excluding carboxylic acids is 1. The molecule has 0 radical (unpaired) electrons. The summed E-state index contributed by atoms with van der Waals surface area (Å²) in [6.07, 6.45) is 1.75. The maximum Gasteiger partial charge on any atom is 0.256 e. The number of benzene rings is 1. The summed E-state index contributed by atoms with van der Waals surface area (Å²) in [5.74, 6) is 0.895. The molecule has 0 aromatic heterocycles.